The van der Waals surface area contributed by atoms with Crippen molar-refractivity contribution in [1.82, 2.24) is 15.2 Å². The summed E-state index contributed by atoms with van der Waals surface area (Å²) in [6.07, 6.45) is 3.87. The molecular weight excluding hydrogens is 350 g/mol. The van der Waals surface area contributed by atoms with Gasteiger partial charge in [0.05, 0.1) is 17.9 Å². The smallest absolute Gasteiger partial charge is 0.356 e. The number of carbonyl (C=O) groups is 2. The number of methoxy groups -OCH3 is 1. The molecule has 0 saturated carbocycles. The second kappa shape index (κ2) is 6.78. The first kappa shape index (κ1) is 16.7. The van der Waals surface area contributed by atoms with Crippen LogP contribution in [0.25, 0.3) is 0 Å². The van der Waals surface area contributed by atoms with E-state index < -0.39 is 12.0 Å². The van der Waals surface area contributed by atoms with Gasteiger partial charge in [-0.1, -0.05) is 12.2 Å². The largest absolute Gasteiger partial charge is 0.498 e. The summed E-state index contributed by atoms with van der Waals surface area (Å²) >= 11 is 6.78. The van der Waals surface area contributed by atoms with Gasteiger partial charge in [0.1, 0.15) is 17.2 Å². The highest BCUT2D eigenvalue weighted by atomic mass is 32.2. The van der Waals surface area contributed by atoms with Crippen molar-refractivity contribution in [3.05, 3.63) is 41.5 Å². The molecule has 2 atom stereocenters. The Morgan fingerprint density at radius 3 is 2.88 bits per heavy atom. The van der Waals surface area contributed by atoms with Crippen molar-refractivity contribution in [1.29, 1.82) is 0 Å². The van der Waals surface area contributed by atoms with E-state index in [2.05, 4.69) is 10.3 Å². The fraction of sp³-hybridized carbons (Fsp3) is 0.333. The summed E-state index contributed by atoms with van der Waals surface area (Å²) in [5.41, 5.74) is 0.916. The summed E-state index contributed by atoms with van der Waals surface area (Å²) in [7, 11) is 1.41. The number of carbonyl (C=O) groups excluding carboxylic acids is 1. The molecule has 0 bridgehead atoms. The molecule has 7 nitrogen and oxygen atoms in total. The van der Waals surface area contributed by atoms with Crippen LogP contribution in [0.4, 0.5) is 0 Å². The van der Waals surface area contributed by atoms with Crippen LogP contribution in [0.5, 0.6) is 0 Å². The maximum atomic E-state index is 12.4. The lowest BCUT2D eigenvalue weighted by molar-refractivity contribution is -0.149. The Balaban J connectivity index is 1.69. The Bertz CT molecular complexity index is 723. The average molecular weight is 365 g/mol. The molecule has 0 aliphatic carbocycles. The number of thioether (sulfide) groups is 1. The standard InChI is InChI=1S/C15H15N3O4S2/c1-22-9-7-24-14-11(13(19)18(14)12(9)15(20)21)17-10(23)6-8-2-4-16-5-3-8/h2-5,11,14H,6-7H2,1H3,(H,17,23)(H,20,21)/t11-,14+/m1/s1. The zero-order chi connectivity index (χ0) is 17.3. The summed E-state index contributed by atoms with van der Waals surface area (Å²) in [4.78, 5) is 29.6. The fourth-order valence-corrected chi connectivity index (χ4v) is 4.26. The molecular formula is C15H15N3O4S2. The Hall–Kier alpha value is -2.13. The lowest BCUT2D eigenvalue weighted by Gasteiger charge is -2.49. The normalized spacial score (nSPS) is 22.5. The number of ether oxygens (including phenoxy) is 1. The van der Waals surface area contributed by atoms with E-state index >= 15 is 0 Å². The molecule has 126 valence electrons. The summed E-state index contributed by atoms with van der Waals surface area (Å²) in [6, 6.07) is 3.19. The lowest BCUT2D eigenvalue weighted by atomic mass is 10.0. The predicted octanol–water partition coefficient (Wildman–Crippen LogP) is 0.767. The molecule has 1 saturated heterocycles. The Morgan fingerprint density at radius 2 is 2.25 bits per heavy atom. The molecule has 3 rings (SSSR count). The van der Waals surface area contributed by atoms with Crippen LogP contribution in [-0.2, 0) is 20.7 Å². The molecule has 0 unspecified atom stereocenters. The van der Waals surface area contributed by atoms with E-state index in [0.717, 1.165) is 5.56 Å². The number of carboxylic acid groups (broad SMARTS) is 1. The number of nitrogens with zero attached hydrogens (tertiary/aromatic N) is 2. The van der Waals surface area contributed by atoms with Crippen molar-refractivity contribution in [3.8, 4) is 0 Å². The van der Waals surface area contributed by atoms with Crippen LogP contribution in [0.3, 0.4) is 0 Å². The van der Waals surface area contributed by atoms with Crippen LogP contribution in [0.15, 0.2) is 36.0 Å². The fourth-order valence-electron chi connectivity index (χ4n) is 2.66. The highest BCUT2D eigenvalue weighted by Crippen LogP contribution is 2.40. The number of amides is 1. The summed E-state index contributed by atoms with van der Waals surface area (Å²) < 4.78 is 5.09. The van der Waals surface area contributed by atoms with Crippen molar-refractivity contribution in [2.75, 3.05) is 12.9 Å². The van der Waals surface area contributed by atoms with Crippen molar-refractivity contribution in [2.24, 2.45) is 0 Å². The first-order valence-electron chi connectivity index (χ1n) is 7.16. The van der Waals surface area contributed by atoms with Gasteiger partial charge in [-0.15, -0.1) is 11.8 Å². The third-order valence-electron chi connectivity index (χ3n) is 3.81. The number of hydrogen-bond donors (Lipinski definition) is 2. The minimum atomic E-state index is -1.16. The van der Waals surface area contributed by atoms with Crippen LogP contribution < -0.4 is 5.32 Å². The number of fused-ring (bicyclic) bond motifs is 1. The molecule has 1 fully saturated rings. The van der Waals surface area contributed by atoms with E-state index in [4.69, 9.17) is 17.0 Å². The number of aliphatic carboxylic acids is 1. The summed E-state index contributed by atoms with van der Waals surface area (Å²) in [6.45, 7) is 0. The molecule has 1 amide bonds. The van der Waals surface area contributed by atoms with Gasteiger partial charge in [0, 0.05) is 18.8 Å². The van der Waals surface area contributed by atoms with Gasteiger partial charge in [-0.3, -0.25) is 14.7 Å². The van der Waals surface area contributed by atoms with E-state index in [1.807, 2.05) is 12.1 Å². The van der Waals surface area contributed by atoms with Crippen molar-refractivity contribution < 1.29 is 19.4 Å². The third kappa shape index (κ3) is 2.96. The minimum Gasteiger partial charge on any atom is -0.498 e. The predicted molar refractivity (Wildman–Crippen MR) is 92.2 cm³/mol. The quantitative estimate of drug-likeness (QED) is 0.584. The van der Waals surface area contributed by atoms with Gasteiger partial charge in [-0.2, -0.15) is 0 Å². The molecule has 1 aromatic rings. The van der Waals surface area contributed by atoms with Gasteiger partial charge in [0.15, 0.2) is 5.70 Å². The number of nitrogens with one attached hydrogen (secondary N) is 1. The van der Waals surface area contributed by atoms with Gasteiger partial charge in [-0.25, -0.2) is 4.79 Å². The summed E-state index contributed by atoms with van der Waals surface area (Å²) in [5.74, 6) is -0.767. The highest BCUT2D eigenvalue weighted by molar-refractivity contribution is 8.00. The lowest BCUT2D eigenvalue weighted by Crippen LogP contribution is -2.70. The molecule has 3 heterocycles. The van der Waals surface area contributed by atoms with Crippen LogP contribution in [0, 0.1) is 0 Å². The van der Waals surface area contributed by atoms with Gasteiger partial charge in [0.25, 0.3) is 5.91 Å². The maximum Gasteiger partial charge on any atom is 0.356 e. The molecule has 0 aromatic carbocycles. The Kier molecular flexibility index (Phi) is 4.72. The van der Waals surface area contributed by atoms with E-state index in [1.165, 1.54) is 23.8 Å². The van der Waals surface area contributed by atoms with Gasteiger partial charge in [0.2, 0.25) is 0 Å². The zero-order valence-corrected chi connectivity index (χ0v) is 14.4. The Labute approximate surface area is 148 Å². The minimum absolute atomic E-state index is 0.0793. The van der Waals surface area contributed by atoms with Crippen molar-refractivity contribution >= 4 is 40.8 Å². The van der Waals surface area contributed by atoms with Gasteiger partial charge < -0.3 is 15.2 Å². The number of β-lactam (4-membered cyclic amide) rings is 1. The molecule has 2 aliphatic heterocycles. The van der Waals surface area contributed by atoms with E-state index in [-0.39, 0.29) is 17.0 Å². The number of thiocarbonyl (C=S) groups is 1. The van der Waals surface area contributed by atoms with Crippen LogP contribution in [-0.4, -0.2) is 56.1 Å². The van der Waals surface area contributed by atoms with Crippen molar-refractivity contribution in [2.45, 2.75) is 17.8 Å². The third-order valence-corrected chi connectivity index (χ3v) is 5.33. The second-order valence-electron chi connectivity index (χ2n) is 5.27. The molecule has 2 aliphatic rings. The van der Waals surface area contributed by atoms with Crippen LogP contribution in [0.1, 0.15) is 5.56 Å². The number of carboxylic acids is 1. The zero-order valence-electron chi connectivity index (χ0n) is 12.8. The molecule has 9 heteroatoms. The van der Waals surface area contributed by atoms with Crippen molar-refractivity contribution in [3.63, 3.8) is 0 Å². The molecule has 0 radical (unpaired) electrons. The van der Waals surface area contributed by atoms with Crippen LogP contribution >= 0.6 is 24.0 Å². The van der Waals surface area contributed by atoms with Crippen LogP contribution in [0.2, 0.25) is 0 Å². The highest BCUT2D eigenvalue weighted by Gasteiger charge is 2.54. The topological polar surface area (TPSA) is 91.8 Å². The first-order chi connectivity index (χ1) is 11.5. The number of aromatic nitrogens is 1. The molecule has 1 aromatic heterocycles. The second-order valence-corrected chi connectivity index (χ2v) is 6.87. The SMILES string of the molecule is COC1=C(C(=O)O)N2C(=O)[C@@H](NC(=S)Cc3ccncc3)[C@@H]2SC1. The van der Waals surface area contributed by atoms with E-state index in [0.29, 0.717) is 22.9 Å². The number of rotatable bonds is 5. The van der Waals surface area contributed by atoms with Gasteiger partial charge in [-0.05, 0) is 17.7 Å². The van der Waals surface area contributed by atoms with E-state index in [9.17, 15) is 14.7 Å². The summed E-state index contributed by atoms with van der Waals surface area (Å²) in [5, 5.41) is 12.1. The number of pyridine rings is 1. The van der Waals surface area contributed by atoms with E-state index in [1.54, 1.807) is 12.4 Å². The molecule has 2 N–H and O–H groups in total. The maximum absolute atomic E-state index is 12.4. The monoisotopic (exact) mass is 365 g/mol. The average Bonchev–Trinajstić information content (AvgIpc) is 2.58. The van der Waals surface area contributed by atoms with Gasteiger partial charge >= 0.3 is 5.97 Å². The molecule has 24 heavy (non-hydrogen) atoms. The number of hydrogen-bond acceptors (Lipinski definition) is 6. The Morgan fingerprint density at radius 1 is 1.54 bits per heavy atom. The first-order valence-corrected chi connectivity index (χ1v) is 8.62. The molecule has 0 spiro atoms.